The first-order chi connectivity index (χ1) is 9.47. The lowest BCUT2D eigenvalue weighted by Gasteiger charge is -2.21. The maximum atomic E-state index is 13.2. The molecule has 0 aliphatic heterocycles. The molecule has 0 amide bonds. The van der Waals surface area contributed by atoms with Crippen molar-refractivity contribution in [2.75, 3.05) is 0 Å². The van der Waals surface area contributed by atoms with E-state index in [4.69, 9.17) is 0 Å². The van der Waals surface area contributed by atoms with Crippen LogP contribution in [-0.4, -0.2) is 0 Å². The van der Waals surface area contributed by atoms with Gasteiger partial charge in [-0.2, -0.15) is 0 Å². The summed E-state index contributed by atoms with van der Waals surface area (Å²) in [6.45, 7) is 3.80. The minimum absolute atomic E-state index is 0.0290. The Labute approximate surface area is 116 Å². The zero-order valence-electron chi connectivity index (χ0n) is 11.3. The first-order valence-electron chi connectivity index (χ1n) is 6.44. The number of rotatable bonds is 4. The van der Waals surface area contributed by atoms with Crippen molar-refractivity contribution in [1.29, 1.82) is 0 Å². The molecule has 20 heavy (non-hydrogen) atoms. The van der Waals surface area contributed by atoms with Crippen LogP contribution < -0.4 is 5.32 Å². The molecule has 0 aliphatic carbocycles. The standard InChI is InChI=1S/C16H16F3N/c1-10(12-3-6-14(17)7-4-12)20-11(2)13-5-8-15(18)16(19)9-13/h3-11,20H,1-2H3/t10-,11?/m1/s1. The Morgan fingerprint density at radius 2 is 1.30 bits per heavy atom. The van der Waals surface area contributed by atoms with Crippen molar-refractivity contribution in [3.63, 3.8) is 0 Å². The minimum atomic E-state index is -0.856. The average Bonchev–Trinajstić information content (AvgIpc) is 2.42. The maximum Gasteiger partial charge on any atom is 0.159 e. The molecular weight excluding hydrogens is 263 g/mol. The molecule has 0 fully saturated rings. The smallest absolute Gasteiger partial charge is 0.159 e. The summed E-state index contributed by atoms with van der Waals surface area (Å²) in [5.41, 5.74) is 1.60. The fraction of sp³-hybridized carbons (Fsp3) is 0.250. The number of benzene rings is 2. The van der Waals surface area contributed by atoms with Crippen LogP contribution >= 0.6 is 0 Å². The summed E-state index contributed by atoms with van der Waals surface area (Å²) in [5, 5.41) is 3.27. The van der Waals surface area contributed by atoms with Crippen LogP contribution in [0.4, 0.5) is 13.2 Å². The monoisotopic (exact) mass is 279 g/mol. The number of nitrogens with one attached hydrogen (secondary N) is 1. The Hall–Kier alpha value is -1.81. The van der Waals surface area contributed by atoms with E-state index >= 15 is 0 Å². The van der Waals surface area contributed by atoms with Crippen LogP contribution in [0.5, 0.6) is 0 Å². The van der Waals surface area contributed by atoms with Crippen LogP contribution in [0.15, 0.2) is 42.5 Å². The van der Waals surface area contributed by atoms with Gasteiger partial charge >= 0.3 is 0 Å². The van der Waals surface area contributed by atoms with E-state index in [9.17, 15) is 13.2 Å². The van der Waals surface area contributed by atoms with Crippen LogP contribution in [0.25, 0.3) is 0 Å². The van der Waals surface area contributed by atoms with Gasteiger partial charge in [-0.1, -0.05) is 18.2 Å². The highest BCUT2D eigenvalue weighted by atomic mass is 19.2. The first kappa shape index (κ1) is 14.6. The quantitative estimate of drug-likeness (QED) is 0.868. The Bertz CT molecular complexity index is 581. The molecule has 2 aromatic rings. The predicted octanol–water partition coefficient (Wildman–Crippen LogP) is 4.52. The van der Waals surface area contributed by atoms with Gasteiger partial charge in [0.2, 0.25) is 0 Å². The first-order valence-corrected chi connectivity index (χ1v) is 6.44. The molecule has 0 bridgehead atoms. The number of hydrogen-bond donors (Lipinski definition) is 1. The molecule has 1 N–H and O–H groups in total. The van der Waals surface area contributed by atoms with Gasteiger partial charge in [0, 0.05) is 12.1 Å². The zero-order chi connectivity index (χ0) is 14.7. The molecule has 2 rings (SSSR count). The van der Waals surface area contributed by atoms with Gasteiger partial charge in [-0.15, -0.1) is 0 Å². The van der Waals surface area contributed by atoms with Crippen molar-refractivity contribution >= 4 is 0 Å². The largest absolute Gasteiger partial charge is 0.304 e. The van der Waals surface area contributed by atoms with Crippen LogP contribution in [-0.2, 0) is 0 Å². The van der Waals surface area contributed by atoms with E-state index in [0.717, 1.165) is 11.6 Å². The molecule has 0 heterocycles. The molecule has 0 aromatic heterocycles. The third kappa shape index (κ3) is 3.39. The molecular formula is C16H16F3N. The Morgan fingerprint density at radius 1 is 0.750 bits per heavy atom. The maximum absolute atomic E-state index is 13.2. The van der Waals surface area contributed by atoms with Gasteiger partial charge < -0.3 is 5.32 Å². The van der Waals surface area contributed by atoms with Crippen molar-refractivity contribution in [3.05, 3.63) is 71.0 Å². The fourth-order valence-corrected chi connectivity index (χ4v) is 2.10. The van der Waals surface area contributed by atoms with Crippen molar-refractivity contribution in [2.24, 2.45) is 0 Å². The lowest BCUT2D eigenvalue weighted by atomic mass is 10.0. The van der Waals surface area contributed by atoms with Gasteiger partial charge in [0.25, 0.3) is 0 Å². The molecule has 0 saturated heterocycles. The summed E-state index contributed by atoms with van der Waals surface area (Å²) >= 11 is 0. The van der Waals surface area contributed by atoms with Crippen molar-refractivity contribution in [1.82, 2.24) is 5.32 Å². The summed E-state index contributed by atoms with van der Waals surface area (Å²) < 4.78 is 39.0. The predicted molar refractivity (Wildman–Crippen MR) is 72.7 cm³/mol. The molecule has 4 heteroatoms. The van der Waals surface area contributed by atoms with Crippen LogP contribution in [0, 0.1) is 17.5 Å². The van der Waals surface area contributed by atoms with Crippen molar-refractivity contribution in [2.45, 2.75) is 25.9 Å². The minimum Gasteiger partial charge on any atom is -0.304 e. The summed E-state index contributed by atoms with van der Waals surface area (Å²) in [4.78, 5) is 0. The highest BCUT2D eigenvalue weighted by Crippen LogP contribution is 2.21. The summed E-state index contributed by atoms with van der Waals surface area (Å²) in [5.74, 6) is -1.99. The van der Waals surface area contributed by atoms with Gasteiger partial charge in [0.15, 0.2) is 11.6 Å². The summed E-state index contributed by atoms with van der Waals surface area (Å²) in [6, 6.07) is 9.87. The molecule has 2 atom stereocenters. The molecule has 2 aromatic carbocycles. The lowest BCUT2D eigenvalue weighted by Crippen LogP contribution is -2.22. The van der Waals surface area contributed by atoms with Gasteiger partial charge in [-0.3, -0.25) is 0 Å². The van der Waals surface area contributed by atoms with E-state index in [2.05, 4.69) is 5.32 Å². The van der Waals surface area contributed by atoms with Crippen molar-refractivity contribution < 1.29 is 13.2 Å². The topological polar surface area (TPSA) is 12.0 Å². The van der Waals surface area contributed by atoms with Gasteiger partial charge in [-0.25, -0.2) is 13.2 Å². The lowest BCUT2D eigenvalue weighted by molar-refractivity contribution is 0.479. The third-order valence-corrected chi connectivity index (χ3v) is 3.31. The zero-order valence-corrected chi connectivity index (χ0v) is 11.3. The Kier molecular flexibility index (Phi) is 4.45. The fourth-order valence-electron chi connectivity index (χ4n) is 2.10. The summed E-state index contributed by atoms with van der Waals surface area (Å²) in [7, 11) is 0. The SMILES string of the molecule is CC(N[C@H](C)c1ccc(F)cc1)c1ccc(F)c(F)c1. The molecule has 1 unspecified atom stereocenters. The van der Waals surface area contributed by atoms with E-state index < -0.39 is 11.6 Å². The molecule has 1 nitrogen and oxygen atoms in total. The van der Waals surface area contributed by atoms with E-state index in [1.54, 1.807) is 18.2 Å². The van der Waals surface area contributed by atoms with E-state index in [1.165, 1.54) is 18.2 Å². The summed E-state index contributed by atoms with van der Waals surface area (Å²) in [6.07, 6.45) is 0. The second-order valence-electron chi connectivity index (χ2n) is 4.84. The molecule has 0 saturated carbocycles. The van der Waals surface area contributed by atoms with Crippen molar-refractivity contribution in [3.8, 4) is 0 Å². The van der Waals surface area contributed by atoms with E-state index in [1.807, 2.05) is 13.8 Å². The number of halogens is 3. The van der Waals surface area contributed by atoms with Gasteiger partial charge in [0.05, 0.1) is 0 Å². The molecule has 106 valence electrons. The second-order valence-corrected chi connectivity index (χ2v) is 4.84. The number of hydrogen-bond acceptors (Lipinski definition) is 1. The highest BCUT2D eigenvalue weighted by Gasteiger charge is 2.13. The Balaban J connectivity index is 2.08. The third-order valence-electron chi connectivity index (χ3n) is 3.31. The Morgan fingerprint density at radius 3 is 1.90 bits per heavy atom. The van der Waals surface area contributed by atoms with Gasteiger partial charge in [0.1, 0.15) is 5.82 Å². The van der Waals surface area contributed by atoms with Gasteiger partial charge in [-0.05, 0) is 49.2 Å². The molecule has 0 aliphatic rings. The van der Waals surface area contributed by atoms with E-state index in [-0.39, 0.29) is 17.9 Å². The van der Waals surface area contributed by atoms with E-state index in [0.29, 0.717) is 5.56 Å². The van der Waals surface area contributed by atoms with Crippen LogP contribution in [0.1, 0.15) is 37.1 Å². The molecule has 0 radical (unpaired) electrons. The highest BCUT2D eigenvalue weighted by molar-refractivity contribution is 5.23. The average molecular weight is 279 g/mol. The van der Waals surface area contributed by atoms with Crippen LogP contribution in [0.3, 0.4) is 0 Å². The molecule has 0 spiro atoms. The van der Waals surface area contributed by atoms with Crippen LogP contribution in [0.2, 0.25) is 0 Å². The normalized spacial score (nSPS) is 14.1. The second kappa shape index (κ2) is 6.09.